The Kier molecular flexibility index (Phi) is 5.43. The lowest BCUT2D eigenvalue weighted by Crippen LogP contribution is -2.38. The predicted octanol–water partition coefficient (Wildman–Crippen LogP) is 2.54. The lowest BCUT2D eigenvalue weighted by atomic mass is 9.98. The Morgan fingerprint density at radius 2 is 1.72 bits per heavy atom. The zero-order valence-corrected chi connectivity index (χ0v) is 16.8. The minimum Gasteiger partial charge on any atom is -0.493 e. The van der Waals surface area contributed by atoms with E-state index in [0.717, 1.165) is 17.5 Å². The monoisotopic (exact) mass is 394 g/mol. The summed E-state index contributed by atoms with van der Waals surface area (Å²) in [6.45, 7) is 1.70. The molecule has 1 fully saturated rings. The molecule has 6 nitrogen and oxygen atoms in total. The van der Waals surface area contributed by atoms with Crippen LogP contribution in [0.4, 0.5) is 0 Å². The van der Waals surface area contributed by atoms with E-state index in [1.54, 1.807) is 14.2 Å². The maximum Gasteiger partial charge on any atom is 0.226 e. The van der Waals surface area contributed by atoms with Crippen molar-refractivity contribution in [1.29, 1.82) is 0 Å². The molecular formula is C23H26N2O4. The average Bonchev–Trinajstić information content (AvgIpc) is 3.57. The summed E-state index contributed by atoms with van der Waals surface area (Å²) in [6.07, 6.45) is 1.41. The van der Waals surface area contributed by atoms with Crippen LogP contribution in [0.1, 0.15) is 23.1 Å². The normalized spacial score (nSPS) is 19.9. The van der Waals surface area contributed by atoms with E-state index in [9.17, 15) is 9.59 Å². The van der Waals surface area contributed by atoms with Gasteiger partial charge in [0.25, 0.3) is 0 Å². The SMILES string of the molecule is COc1cc2c(cc1OC)CN(C(=O)C1CC1C(=O)NCc1ccccc1)CC2. The number of fused-ring (bicyclic) bond motifs is 1. The molecule has 1 aliphatic carbocycles. The van der Waals surface area contributed by atoms with Crippen LogP contribution < -0.4 is 14.8 Å². The molecule has 2 aliphatic rings. The van der Waals surface area contributed by atoms with Crippen molar-refractivity contribution in [3.63, 3.8) is 0 Å². The van der Waals surface area contributed by atoms with Crippen LogP contribution in [0.3, 0.4) is 0 Å². The van der Waals surface area contributed by atoms with E-state index < -0.39 is 0 Å². The van der Waals surface area contributed by atoms with Gasteiger partial charge in [-0.2, -0.15) is 0 Å². The Labute approximate surface area is 170 Å². The Morgan fingerprint density at radius 3 is 2.41 bits per heavy atom. The molecule has 1 saturated carbocycles. The highest BCUT2D eigenvalue weighted by Gasteiger charge is 2.49. The van der Waals surface area contributed by atoms with E-state index in [0.29, 0.717) is 37.6 Å². The third kappa shape index (κ3) is 4.06. The summed E-state index contributed by atoms with van der Waals surface area (Å²) in [7, 11) is 3.23. The molecule has 6 heteroatoms. The predicted molar refractivity (Wildman–Crippen MR) is 109 cm³/mol. The van der Waals surface area contributed by atoms with Crippen molar-refractivity contribution in [2.45, 2.75) is 25.9 Å². The molecule has 2 aromatic carbocycles. The van der Waals surface area contributed by atoms with Crippen LogP contribution in [0.25, 0.3) is 0 Å². The van der Waals surface area contributed by atoms with Crippen molar-refractivity contribution >= 4 is 11.8 Å². The Hall–Kier alpha value is -3.02. The Morgan fingerprint density at radius 1 is 1.03 bits per heavy atom. The fourth-order valence-corrected chi connectivity index (χ4v) is 3.98. The zero-order valence-electron chi connectivity index (χ0n) is 16.8. The van der Waals surface area contributed by atoms with Gasteiger partial charge in [0, 0.05) is 19.6 Å². The second kappa shape index (κ2) is 8.15. The second-order valence-electron chi connectivity index (χ2n) is 7.64. The number of amides is 2. The van der Waals surface area contributed by atoms with Crippen LogP contribution in [-0.4, -0.2) is 37.5 Å². The molecule has 1 aliphatic heterocycles. The Balaban J connectivity index is 1.35. The molecule has 4 rings (SSSR count). The van der Waals surface area contributed by atoms with Crippen LogP contribution in [-0.2, 0) is 29.1 Å². The molecule has 0 spiro atoms. The quantitative estimate of drug-likeness (QED) is 0.818. The van der Waals surface area contributed by atoms with E-state index in [1.807, 2.05) is 47.4 Å². The number of hydrogen-bond donors (Lipinski definition) is 1. The van der Waals surface area contributed by atoms with Gasteiger partial charge in [-0.1, -0.05) is 30.3 Å². The van der Waals surface area contributed by atoms with Gasteiger partial charge in [0.15, 0.2) is 11.5 Å². The molecule has 0 saturated heterocycles. The van der Waals surface area contributed by atoms with E-state index in [4.69, 9.17) is 9.47 Å². The summed E-state index contributed by atoms with van der Waals surface area (Å²) in [6, 6.07) is 13.7. The number of hydrogen-bond acceptors (Lipinski definition) is 4. The van der Waals surface area contributed by atoms with Crippen LogP contribution in [0, 0.1) is 11.8 Å². The first-order chi connectivity index (χ1) is 14.1. The van der Waals surface area contributed by atoms with E-state index >= 15 is 0 Å². The number of carbonyl (C=O) groups excluding carboxylic acids is 2. The van der Waals surface area contributed by atoms with E-state index in [-0.39, 0.29) is 23.7 Å². The lowest BCUT2D eigenvalue weighted by molar-refractivity contribution is -0.135. The van der Waals surface area contributed by atoms with E-state index in [1.165, 1.54) is 5.56 Å². The molecule has 1 N–H and O–H groups in total. The highest BCUT2D eigenvalue weighted by Crippen LogP contribution is 2.41. The highest BCUT2D eigenvalue weighted by molar-refractivity contribution is 5.92. The van der Waals surface area contributed by atoms with Crippen molar-refractivity contribution in [1.82, 2.24) is 10.2 Å². The third-order valence-corrected chi connectivity index (χ3v) is 5.78. The first kappa shape index (κ1) is 19.3. The lowest BCUT2D eigenvalue weighted by Gasteiger charge is -2.30. The highest BCUT2D eigenvalue weighted by atomic mass is 16.5. The number of nitrogens with one attached hydrogen (secondary N) is 1. The van der Waals surface area contributed by atoms with Crippen molar-refractivity contribution in [3.05, 3.63) is 59.2 Å². The molecule has 152 valence electrons. The van der Waals surface area contributed by atoms with Crippen molar-refractivity contribution in [2.75, 3.05) is 20.8 Å². The van der Waals surface area contributed by atoms with Gasteiger partial charge in [0.2, 0.25) is 11.8 Å². The molecule has 2 aromatic rings. The van der Waals surface area contributed by atoms with Crippen LogP contribution in [0.15, 0.2) is 42.5 Å². The number of rotatable bonds is 6. The topological polar surface area (TPSA) is 67.9 Å². The van der Waals surface area contributed by atoms with Gasteiger partial charge < -0.3 is 19.7 Å². The first-order valence-electron chi connectivity index (χ1n) is 9.95. The smallest absolute Gasteiger partial charge is 0.226 e. The van der Waals surface area contributed by atoms with Gasteiger partial charge in [0.1, 0.15) is 0 Å². The minimum absolute atomic E-state index is 0.0315. The largest absolute Gasteiger partial charge is 0.493 e. The molecule has 2 atom stereocenters. The maximum absolute atomic E-state index is 12.9. The average molecular weight is 394 g/mol. The van der Waals surface area contributed by atoms with Crippen LogP contribution in [0.5, 0.6) is 11.5 Å². The van der Waals surface area contributed by atoms with Crippen molar-refractivity contribution in [2.24, 2.45) is 11.8 Å². The molecule has 0 aromatic heterocycles. The minimum atomic E-state index is -0.210. The molecule has 2 unspecified atom stereocenters. The van der Waals surface area contributed by atoms with Crippen LogP contribution >= 0.6 is 0 Å². The maximum atomic E-state index is 12.9. The molecule has 0 bridgehead atoms. The molecule has 0 radical (unpaired) electrons. The fourth-order valence-electron chi connectivity index (χ4n) is 3.98. The summed E-state index contributed by atoms with van der Waals surface area (Å²) in [5.74, 6) is 1.01. The van der Waals surface area contributed by atoms with Gasteiger partial charge in [-0.25, -0.2) is 0 Å². The van der Waals surface area contributed by atoms with Gasteiger partial charge in [-0.15, -0.1) is 0 Å². The van der Waals surface area contributed by atoms with Gasteiger partial charge in [-0.3, -0.25) is 9.59 Å². The summed E-state index contributed by atoms with van der Waals surface area (Å²) < 4.78 is 10.8. The third-order valence-electron chi connectivity index (χ3n) is 5.78. The van der Waals surface area contributed by atoms with Crippen molar-refractivity contribution in [3.8, 4) is 11.5 Å². The van der Waals surface area contributed by atoms with E-state index in [2.05, 4.69) is 5.32 Å². The van der Waals surface area contributed by atoms with Gasteiger partial charge in [0.05, 0.1) is 26.1 Å². The summed E-state index contributed by atoms with van der Waals surface area (Å²) in [5, 5.41) is 2.95. The Bertz CT molecular complexity index is 913. The number of methoxy groups -OCH3 is 2. The number of carbonyl (C=O) groups is 2. The molecule has 1 heterocycles. The zero-order chi connectivity index (χ0) is 20.4. The standard InChI is InChI=1S/C23H26N2O4/c1-28-20-10-16-8-9-25(14-17(16)11-21(20)29-2)23(27)19-12-18(19)22(26)24-13-15-6-4-3-5-7-15/h3-7,10-11,18-19H,8-9,12-14H2,1-2H3,(H,24,26). The number of benzene rings is 2. The second-order valence-corrected chi connectivity index (χ2v) is 7.64. The van der Waals surface area contributed by atoms with Gasteiger partial charge >= 0.3 is 0 Å². The number of nitrogens with zero attached hydrogens (tertiary/aromatic N) is 1. The summed E-state index contributed by atoms with van der Waals surface area (Å²) >= 11 is 0. The number of ether oxygens (including phenoxy) is 2. The molecular weight excluding hydrogens is 368 g/mol. The first-order valence-corrected chi connectivity index (χ1v) is 9.95. The van der Waals surface area contributed by atoms with Crippen molar-refractivity contribution < 1.29 is 19.1 Å². The molecule has 2 amide bonds. The van der Waals surface area contributed by atoms with Crippen LogP contribution in [0.2, 0.25) is 0 Å². The van der Waals surface area contributed by atoms with Gasteiger partial charge in [-0.05, 0) is 41.7 Å². The molecule has 29 heavy (non-hydrogen) atoms. The summed E-state index contributed by atoms with van der Waals surface area (Å²) in [4.78, 5) is 27.2. The fraction of sp³-hybridized carbons (Fsp3) is 0.391. The summed E-state index contributed by atoms with van der Waals surface area (Å²) in [5.41, 5.74) is 3.31.